The van der Waals surface area contributed by atoms with Crippen LogP contribution in [0.3, 0.4) is 0 Å². The Morgan fingerprint density at radius 3 is 2.67 bits per heavy atom. The Morgan fingerprint density at radius 2 is 1.89 bits per heavy atom. The first-order valence-electron chi connectivity index (χ1n) is 5.78. The summed E-state index contributed by atoms with van der Waals surface area (Å²) in [6.45, 7) is 1.67. The highest BCUT2D eigenvalue weighted by Gasteiger charge is 1.98. The molecular formula is C15H15NOS. The van der Waals surface area contributed by atoms with Crippen molar-refractivity contribution in [1.29, 1.82) is 0 Å². The minimum absolute atomic E-state index is 0.401. The lowest BCUT2D eigenvalue weighted by Gasteiger charge is -2.01. The van der Waals surface area contributed by atoms with E-state index in [0.29, 0.717) is 19.8 Å². The Labute approximate surface area is 111 Å². The molecule has 3 heteroatoms. The van der Waals surface area contributed by atoms with Crippen LogP contribution < -0.4 is 5.73 Å². The lowest BCUT2D eigenvalue weighted by Crippen LogP contribution is -1.92. The monoisotopic (exact) mass is 257 g/mol. The molecule has 18 heavy (non-hydrogen) atoms. The van der Waals surface area contributed by atoms with E-state index in [9.17, 15) is 0 Å². The van der Waals surface area contributed by atoms with Gasteiger partial charge in [-0.2, -0.15) is 0 Å². The van der Waals surface area contributed by atoms with Crippen LogP contribution in [0.15, 0.2) is 42.5 Å². The molecule has 0 atom stereocenters. The maximum Gasteiger partial charge on any atom is 0.0814 e. The van der Waals surface area contributed by atoms with Gasteiger partial charge in [0, 0.05) is 4.88 Å². The molecule has 0 aliphatic rings. The number of hydrogen-bond acceptors (Lipinski definition) is 3. The molecule has 1 heterocycles. The smallest absolute Gasteiger partial charge is 0.0814 e. The van der Waals surface area contributed by atoms with Crippen molar-refractivity contribution in [3.8, 4) is 11.8 Å². The molecule has 1 aromatic heterocycles. The number of hydrogen-bond donors (Lipinski definition) is 1. The molecule has 92 valence electrons. The van der Waals surface area contributed by atoms with Gasteiger partial charge in [-0.1, -0.05) is 42.2 Å². The molecule has 0 spiro atoms. The number of thiophene rings is 1. The molecule has 2 rings (SSSR count). The molecule has 0 saturated heterocycles. The topological polar surface area (TPSA) is 35.2 Å². The van der Waals surface area contributed by atoms with Gasteiger partial charge < -0.3 is 10.5 Å². The zero-order valence-corrected chi connectivity index (χ0v) is 10.9. The predicted molar refractivity (Wildman–Crippen MR) is 75.2 cm³/mol. The molecule has 0 aliphatic carbocycles. The van der Waals surface area contributed by atoms with Crippen molar-refractivity contribution in [2.75, 3.05) is 6.54 Å². The third-order valence-electron chi connectivity index (χ3n) is 2.33. The summed E-state index contributed by atoms with van der Waals surface area (Å²) in [5.41, 5.74) is 6.53. The van der Waals surface area contributed by atoms with E-state index in [1.807, 2.05) is 24.3 Å². The maximum atomic E-state index is 5.66. The summed E-state index contributed by atoms with van der Waals surface area (Å²) >= 11 is 1.65. The van der Waals surface area contributed by atoms with E-state index in [4.69, 9.17) is 10.5 Å². The molecule has 2 nitrogen and oxygen atoms in total. The minimum atomic E-state index is 0.401. The molecule has 0 fully saturated rings. The van der Waals surface area contributed by atoms with Crippen molar-refractivity contribution in [1.82, 2.24) is 0 Å². The molecule has 2 N–H and O–H groups in total. The van der Waals surface area contributed by atoms with Crippen molar-refractivity contribution in [2.24, 2.45) is 5.73 Å². The molecule has 0 saturated carbocycles. The van der Waals surface area contributed by atoms with Crippen LogP contribution in [0.5, 0.6) is 0 Å². The van der Waals surface area contributed by atoms with Crippen molar-refractivity contribution in [3.05, 3.63) is 57.8 Å². The van der Waals surface area contributed by atoms with Crippen LogP contribution in [0, 0.1) is 11.8 Å². The fourth-order valence-corrected chi connectivity index (χ4v) is 2.32. The van der Waals surface area contributed by atoms with Gasteiger partial charge in [-0.05, 0) is 17.7 Å². The van der Waals surface area contributed by atoms with Crippen molar-refractivity contribution in [3.63, 3.8) is 0 Å². The van der Waals surface area contributed by atoms with Crippen molar-refractivity contribution in [2.45, 2.75) is 13.2 Å². The maximum absolute atomic E-state index is 5.66. The Balaban J connectivity index is 1.82. The van der Waals surface area contributed by atoms with Crippen LogP contribution in [0.1, 0.15) is 15.3 Å². The van der Waals surface area contributed by atoms with Crippen LogP contribution in [-0.4, -0.2) is 6.54 Å². The van der Waals surface area contributed by atoms with Gasteiger partial charge in [0.1, 0.15) is 0 Å². The number of ether oxygens (including phenoxy) is 1. The number of rotatable bonds is 4. The van der Waals surface area contributed by atoms with E-state index in [1.54, 1.807) is 11.3 Å². The van der Waals surface area contributed by atoms with Crippen molar-refractivity contribution < 1.29 is 4.74 Å². The van der Waals surface area contributed by atoms with Gasteiger partial charge in [0.05, 0.1) is 24.6 Å². The van der Waals surface area contributed by atoms with E-state index < -0.39 is 0 Å². The molecule has 0 aliphatic heterocycles. The summed E-state index contributed by atoms with van der Waals surface area (Å²) in [6.07, 6.45) is 0. The lowest BCUT2D eigenvalue weighted by atomic mass is 10.2. The SMILES string of the molecule is NCC#Cc1ccc(COCc2ccccc2)s1. The normalized spacial score (nSPS) is 9.83. The first-order chi connectivity index (χ1) is 8.88. The molecule has 1 aromatic carbocycles. The highest BCUT2D eigenvalue weighted by Crippen LogP contribution is 2.16. The summed E-state index contributed by atoms with van der Waals surface area (Å²) in [6, 6.07) is 14.2. The van der Waals surface area contributed by atoms with Gasteiger partial charge in [-0.15, -0.1) is 11.3 Å². The van der Waals surface area contributed by atoms with E-state index >= 15 is 0 Å². The molecule has 0 radical (unpaired) electrons. The van der Waals surface area contributed by atoms with E-state index in [-0.39, 0.29) is 0 Å². The first-order valence-corrected chi connectivity index (χ1v) is 6.59. The van der Waals surface area contributed by atoms with Crippen molar-refractivity contribution >= 4 is 11.3 Å². The third kappa shape index (κ3) is 4.01. The van der Waals surface area contributed by atoms with Crippen LogP contribution in [0.2, 0.25) is 0 Å². The standard InChI is InChI=1S/C15H15NOS/c16-10-4-7-14-8-9-15(18-14)12-17-11-13-5-2-1-3-6-13/h1-3,5-6,8-9H,10-12,16H2. The molecule has 0 bridgehead atoms. The van der Waals surface area contributed by atoms with Gasteiger partial charge in [-0.25, -0.2) is 0 Å². The molecule has 0 unspecified atom stereocenters. The fraction of sp³-hybridized carbons (Fsp3) is 0.200. The Morgan fingerprint density at radius 1 is 1.06 bits per heavy atom. The largest absolute Gasteiger partial charge is 0.371 e. The highest BCUT2D eigenvalue weighted by molar-refractivity contribution is 7.12. The Hall–Kier alpha value is -1.60. The summed E-state index contributed by atoms with van der Waals surface area (Å²) < 4.78 is 5.66. The summed E-state index contributed by atoms with van der Waals surface area (Å²) in [4.78, 5) is 2.23. The van der Waals surface area contributed by atoms with Gasteiger partial charge in [0.2, 0.25) is 0 Å². The van der Waals surface area contributed by atoms with Gasteiger partial charge in [0.15, 0.2) is 0 Å². The van der Waals surface area contributed by atoms with E-state index in [2.05, 4.69) is 30.0 Å². The highest BCUT2D eigenvalue weighted by atomic mass is 32.1. The minimum Gasteiger partial charge on any atom is -0.371 e. The summed E-state index contributed by atoms with van der Waals surface area (Å²) in [5, 5.41) is 0. The lowest BCUT2D eigenvalue weighted by molar-refractivity contribution is 0.109. The Bertz CT molecular complexity index is 536. The van der Waals surface area contributed by atoms with Gasteiger partial charge in [0.25, 0.3) is 0 Å². The van der Waals surface area contributed by atoms with Crippen LogP contribution in [-0.2, 0) is 18.0 Å². The first kappa shape index (κ1) is 12.8. The summed E-state index contributed by atoms with van der Waals surface area (Å²) in [7, 11) is 0. The molecular weight excluding hydrogens is 242 g/mol. The second-order valence-electron chi connectivity index (χ2n) is 3.75. The zero-order valence-electron chi connectivity index (χ0n) is 10.1. The fourth-order valence-electron chi connectivity index (χ4n) is 1.50. The van der Waals surface area contributed by atoms with Crippen LogP contribution >= 0.6 is 11.3 Å². The quantitative estimate of drug-likeness (QED) is 0.855. The van der Waals surface area contributed by atoms with E-state index in [1.165, 1.54) is 10.4 Å². The number of nitrogens with two attached hydrogens (primary N) is 1. The average Bonchev–Trinajstić information content (AvgIpc) is 2.85. The molecule has 2 aromatic rings. The van der Waals surface area contributed by atoms with Crippen LogP contribution in [0.25, 0.3) is 0 Å². The van der Waals surface area contributed by atoms with Crippen LogP contribution in [0.4, 0.5) is 0 Å². The van der Waals surface area contributed by atoms with Gasteiger partial charge in [-0.3, -0.25) is 0 Å². The zero-order chi connectivity index (χ0) is 12.6. The third-order valence-corrected chi connectivity index (χ3v) is 3.31. The average molecular weight is 257 g/mol. The van der Waals surface area contributed by atoms with Gasteiger partial charge >= 0.3 is 0 Å². The Kier molecular flexibility index (Phi) is 4.98. The summed E-state index contributed by atoms with van der Waals surface area (Å²) in [5.74, 6) is 5.87. The number of benzene rings is 1. The second-order valence-corrected chi connectivity index (χ2v) is 4.92. The second kappa shape index (κ2) is 6.97. The predicted octanol–water partition coefficient (Wildman–Crippen LogP) is 2.78. The molecule has 0 amide bonds. The van der Waals surface area contributed by atoms with E-state index in [0.717, 1.165) is 4.88 Å².